The van der Waals surface area contributed by atoms with Gasteiger partial charge in [-0.3, -0.25) is 14.9 Å². The fourth-order valence-corrected chi connectivity index (χ4v) is 1.60. The summed E-state index contributed by atoms with van der Waals surface area (Å²) in [6.07, 6.45) is 0.334. The molecule has 1 rings (SSSR count). The highest BCUT2D eigenvalue weighted by Crippen LogP contribution is 2.19. The number of rotatable bonds is 6. The maximum Gasteiger partial charge on any atom is 0.338 e. The van der Waals surface area contributed by atoms with Gasteiger partial charge in [0.05, 0.1) is 24.2 Å². The van der Waals surface area contributed by atoms with Gasteiger partial charge in [0.1, 0.15) is 0 Å². The number of benzene rings is 1. The van der Waals surface area contributed by atoms with Gasteiger partial charge in [-0.2, -0.15) is 0 Å². The van der Waals surface area contributed by atoms with Gasteiger partial charge in [-0.05, 0) is 25.0 Å². The number of ether oxygens (including phenoxy) is 2. The summed E-state index contributed by atoms with van der Waals surface area (Å²) < 4.78 is 9.31. The number of esters is 2. The lowest BCUT2D eigenvalue weighted by Crippen LogP contribution is -2.07. The number of carbonyl (C=O) groups is 2. The van der Waals surface area contributed by atoms with Crippen molar-refractivity contribution in [2.75, 3.05) is 13.7 Å². The fourth-order valence-electron chi connectivity index (χ4n) is 1.60. The Hall–Kier alpha value is -2.44. The summed E-state index contributed by atoms with van der Waals surface area (Å²) in [5.74, 6) is -1.05. The second kappa shape index (κ2) is 7.22. The third-order valence-corrected chi connectivity index (χ3v) is 2.54. The quantitative estimate of drug-likeness (QED) is 0.448. The van der Waals surface area contributed by atoms with Crippen LogP contribution in [0.5, 0.6) is 0 Å². The van der Waals surface area contributed by atoms with E-state index in [0.717, 1.165) is 6.07 Å². The molecule has 20 heavy (non-hydrogen) atoms. The Morgan fingerprint density at radius 3 is 2.55 bits per heavy atom. The molecule has 1 aromatic rings. The second-order valence-electron chi connectivity index (χ2n) is 3.94. The first-order valence-corrected chi connectivity index (χ1v) is 6.00. The van der Waals surface area contributed by atoms with Crippen LogP contribution in [0, 0.1) is 10.1 Å². The number of hydrogen-bond donors (Lipinski definition) is 0. The van der Waals surface area contributed by atoms with Gasteiger partial charge in [-0.15, -0.1) is 0 Å². The Morgan fingerprint density at radius 1 is 1.30 bits per heavy atom. The van der Waals surface area contributed by atoms with Gasteiger partial charge < -0.3 is 9.47 Å². The molecule has 0 atom stereocenters. The van der Waals surface area contributed by atoms with Crippen LogP contribution < -0.4 is 0 Å². The van der Waals surface area contributed by atoms with Crippen LogP contribution in [0.2, 0.25) is 0 Å². The molecule has 0 aliphatic rings. The topological polar surface area (TPSA) is 95.7 Å². The third kappa shape index (κ3) is 4.34. The summed E-state index contributed by atoms with van der Waals surface area (Å²) in [5, 5.41) is 10.8. The van der Waals surface area contributed by atoms with Crippen LogP contribution in [-0.4, -0.2) is 30.6 Å². The Bertz CT molecular complexity index is 526. The van der Waals surface area contributed by atoms with E-state index in [-0.39, 0.29) is 30.7 Å². The van der Waals surface area contributed by atoms with E-state index in [9.17, 15) is 19.7 Å². The first-order valence-electron chi connectivity index (χ1n) is 6.00. The molecule has 1 aromatic carbocycles. The standard InChI is InChI=1S/C13H15NO6/c1-3-20-13(16)10-6-9(4-5-12(15)19-2)7-11(8-10)14(17)18/h6-8H,3-5H2,1-2H3. The van der Waals surface area contributed by atoms with Gasteiger partial charge in [0.15, 0.2) is 0 Å². The number of nitrogens with zero attached hydrogens (tertiary/aromatic N) is 1. The lowest BCUT2D eigenvalue weighted by atomic mass is 10.1. The summed E-state index contributed by atoms with van der Waals surface area (Å²) in [6.45, 7) is 1.83. The van der Waals surface area contributed by atoms with E-state index < -0.39 is 16.9 Å². The SMILES string of the molecule is CCOC(=O)c1cc(CCC(=O)OC)cc([N+](=O)[O-])c1. The van der Waals surface area contributed by atoms with Crippen molar-refractivity contribution in [2.45, 2.75) is 19.8 Å². The molecule has 7 heteroatoms. The van der Waals surface area contributed by atoms with Crippen LogP contribution in [0.4, 0.5) is 5.69 Å². The van der Waals surface area contributed by atoms with Crippen molar-refractivity contribution in [3.63, 3.8) is 0 Å². The Kier molecular flexibility index (Phi) is 5.64. The predicted octanol–water partition coefficient (Wildman–Crippen LogP) is 1.88. The molecule has 0 aromatic heterocycles. The van der Waals surface area contributed by atoms with E-state index in [0.29, 0.717) is 5.56 Å². The molecule has 0 N–H and O–H groups in total. The van der Waals surface area contributed by atoms with Crippen LogP contribution in [-0.2, 0) is 20.7 Å². The number of methoxy groups -OCH3 is 1. The number of nitro groups is 1. The minimum absolute atomic E-state index is 0.0833. The summed E-state index contributed by atoms with van der Waals surface area (Å²) >= 11 is 0. The summed E-state index contributed by atoms with van der Waals surface area (Å²) in [5.41, 5.74) is 0.393. The van der Waals surface area contributed by atoms with Crippen LogP contribution in [0.1, 0.15) is 29.3 Å². The minimum Gasteiger partial charge on any atom is -0.469 e. The lowest BCUT2D eigenvalue weighted by Gasteiger charge is -2.05. The highest BCUT2D eigenvalue weighted by molar-refractivity contribution is 5.90. The summed E-state index contributed by atoms with van der Waals surface area (Å²) in [6, 6.07) is 3.96. The van der Waals surface area contributed by atoms with Gasteiger partial charge in [-0.25, -0.2) is 4.79 Å². The molecule has 108 valence electrons. The molecule has 0 radical (unpaired) electrons. The average Bonchev–Trinajstić information content (AvgIpc) is 2.44. The molecule has 0 spiro atoms. The zero-order valence-electron chi connectivity index (χ0n) is 11.3. The van der Waals surface area contributed by atoms with Crippen molar-refractivity contribution < 1.29 is 24.0 Å². The molecule has 0 aliphatic heterocycles. The molecule has 0 heterocycles. The smallest absolute Gasteiger partial charge is 0.338 e. The molecular formula is C13H15NO6. The van der Waals surface area contributed by atoms with Gasteiger partial charge >= 0.3 is 11.9 Å². The van der Waals surface area contributed by atoms with E-state index in [4.69, 9.17) is 4.74 Å². The predicted molar refractivity (Wildman–Crippen MR) is 69.4 cm³/mol. The molecule has 0 bridgehead atoms. The molecule has 0 unspecified atom stereocenters. The van der Waals surface area contributed by atoms with E-state index in [2.05, 4.69) is 4.74 Å². The average molecular weight is 281 g/mol. The zero-order valence-corrected chi connectivity index (χ0v) is 11.3. The molecule has 7 nitrogen and oxygen atoms in total. The number of hydrogen-bond acceptors (Lipinski definition) is 6. The highest BCUT2D eigenvalue weighted by atomic mass is 16.6. The Morgan fingerprint density at radius 2 is 2.00 bits per heavy atom. The van der Waals surface area contributed by atoms with Crippen LogP contribution >= 0.6 is 0 Å². The van der Waals surface area contributed by atoms with Crippen molar-refractivity contribution in [1.82, 2.24) is 0 Å². The van der Waals surface area contributed by atoms with Crippen LogP contribution in [0.3, 0.4) is 0 Å². The van der Waals surface area contributed by atoms with Crippen molar-refractivity contribution in [2.24, 2.45) is 0 Å². The minimum atomic E-state index is -0.629. The highest BCUT2D eigenvalue weighted by Gasteiger charge is 2.15. The van der Waals surface area contributed by atoms with Gasteiger partial charge in [-0.1, -0.05) is 0 Å². The summed E-state index contributed by atoms with van der Waals surface area (Å²) in [7, 11) is 1.26. The van der Waals surface area contributed by atoms with Crippen LogP contribution in [0.15, 0.2) is 18.2 Å². The second-order valence-corrected chi connectivity index (χ2v) is 3.94. The van der Waals surface area contributed by atoms with E-state index >= 15 is 0 Å². The maximum atomic E-state index is 11.6. The van der Waals surface area contributed by atoms with Gasteiger partial charge in [0, 0.05) is 18.6 Å². The maximum absolute atomic E-state index is 11.6. The van der Waals surface area contributed by atoms with Crippen molar-refractivity contribution >= 4 is 17.6 Å². The molecular weight excluding hydrogens is 266 g/mol. The van der Waals surface area contributed by atoms with Crippen molar-refractivity contribution in [1.29, 1.82) is 0 Å². The lowest BCUT2D eigenvalue weighted by molar-refractivity contribution is -0.385. The van der Waals surface area contributed by atoms with Crippen molar-refractivity contribution in [3.8, 4) is 0 Å². The number of carbonyl (C=O) groups excluding carboxylic acids is 2. The normalized spacial score (nSPS) is 9.90. The molecule has 0 saturated carbocycles. The largest absolute Gasteiger partial charge is 0.469 e. The summed E-state index contributed by atoms with van der Waals surface area (Å²) in [4.78, 5) is 33.0. The first-order chi connectivity index (χ1) is 9.47. The Labute approximate surface area is 115 Å². The van der Waals surface area contributed by atoms with Gasteiger partial charge in [0.25, 0.3) is 5.69 Å². The third-order valence-electron chi connectivity index (χ3n) is 2.54. The van der Waals surface area contributed by atoms with Crippen molar-refractivity contribution in [3.05, 3.63) is 39.4 Å². The number of nitro benzene ring substituents is 1. The molecule has 0 fully saturated rings. The van der Waals surface area contributed by atoms with Gasteiger partial charge in [0.2, 0.25) is 0 Å². The monoisotopic (exact) mass is 281 g/mol. The molecule has 0 saturated heterocycles. The number of non-ortho nitro benzene ring substituents is 1. The van der Waals surface area contributed by atoms with E-state index in [1.807, 2.05) is 0 Å². The molecule has 0 aliphatic carbocycles. The van der Waals surface area contributed by atoms with E-state index in [1.54, 1.807) is 6.92 Å². The molecule has 0 amide bonds. The Balaban J connectivity index is 3.01. The number of aryl methyl sites for hydroxylation is 1. The first kappa shape index (κ1) is 15.6. The van der Waals surface area contributed by atoms with E-state index in [1.165, 1.54) is 19.2 Å². The van der Waals surface area contributed by atoms with Crippen LogP contribution in [0.25, 0.3) is 0 Å². The fraction of sp³-hybridized carbons (Fsp3) is 0.385. The zero-order chi connectivity index (χ0) is 15.1.